The van der Waals surface area contributed by atoms with Crippen molar-refractivity contribution in [2.75, 3.05) is 13.7 Å². The van der Waals surface area contributed by atoms with Gasteiger partial charge in [-0.3, -0.25) is 0 Å². The maximum Gasteiger partial charge on any atom is 0.406 e. The van der Waals surface area contributed by atoms with Crippen LogP contribution in [0.2, 0.25) is 0 Å². The van der Waals surface area contributed by atoms with E-state index >= 15 is 0 Å². The molecule has 3 nitrogen and oxygen atoms in total. The highest BCUT2D eigenvalue weighted by Crippen LogP contribution is 2.10. The number of amides is 1. The van der Waals surface area contributed by atoms with Gasteiger partial charge < -0.3 is 10.1 Å². The largest absolute Gasteiger partial charge is 0.453 e. The van der Waals surface area contributed by atoms with Gasteiger partial charge in [-0.2, -0.15) is 0 Å². The van der Waals surface area contributed by atoms with Gasteiger partial charge in [0.25, 0.3) is 0 Å². The lowest BCUT2D eigenvalue weighted by Gasteiger charge is -2.05. The van der Waals surface area contributed by atoms with Gasteiger partial charge in [0, 0.05) is 6.54 Å². The molecule has 0 atom stereocenters. The van der Waals surface area contributed by atoms with Crippen LogP contribution in [-0.2, 0) is 11.2 Å². The van der Waals surface area contributed by atoms with E-state index in [1.165, 1.54) is 13.2 Å². The molecule has 1 aromatic carbocycles. The number of benzene rings is 1. The molecule has 0 bridgehead atoms. The van der Waals surface area contributed by atoms with Gasteiger partial charge in [0.1, 0.15) is 5.82 Å². The molecular formula is C11H14FNO2. The number of halogens is 1. The van der Waals surface area contributed by atoms with Gasteiger partial charge in [-0.15, -0.1) is 0 Å². The standard InChI is InChI=1S/C11H14FNO2/c1-8-3-4-10(12)9(7-8)5-6-13-11(14)15-2/h3-4,7H,5-6H2,1-2H3,(H,13,14). The molecule has 1 rings (SSSR count). The van der Waals surface area contributed by atoms with Crippen LogP contribution in [0.3, 0.4) is 0 Å². The Kier molecular flexibility index (Phi) is 4.09. The average Bonchev–Trinajstić information content (AvgIpc) is 2.23. The Labute approximate surface area is 88.2 Å². The van der Waals surface area contributed by atoms with E-state index in [9.17, 15) is 9.18 Å². The van der Waals surface area contributed by atoms with Crippen molar-refractivity contribution in [1.82, 2.24) is 5.32 Å². The molecule has 0 unspecified atom stereocenters. The van der Waals surface area contributed by atoms with Gasteiger partial charge in [0.2, 0.25) is 0 Å². The molecule has 0 aliphatic carbocycles. The Morgan fingerprint density at radius 2 is 2.27 bits per heavy atom. The first-order valence-corrected chi connectivity index (χ1v) is 4.70. The van der Waals surface area contributed by atoms with E-state index < -0.39 is 6.09 Å². The molecule has 4 heteroatoms. The summed E-state index contributed by atoms with van der Waals surface area (Å²) in [5, 5.41) is 2.50. The summed E-state index contributed by atoms with van der Waals surface area (Å²) in [6, 6.07) is 4.92. The predicted molar refractivity (Wildman–Crippen MR) is 55.2 cm³/mol. The van der Waals surface area contributed by atoms with E-state index in [-0.39, 0.29) is 5.82 Å². The number of methoxy groups -OCH3 is 1. The number of carbonyl (C=O) groups is 1. The van der Waals surface area contributed by atoms with E-state index in [4.69, 9.17) is 0 Å². The third-order valence-corrected chi connectivity index (χ3v) is 2.05. The van der Waals surface area contributed by atoms with Crippen molar-refractivity contribution in [2.24, 2.45) is 0 Å². The minimum Gasteiger partial charge on any atom is -0.453 e. The first-order chi connectivity index (χ1) is 7.13. The first-order valence-electron chi connectivity index (χ1n) is 4.70. The van der Waals surface area contributed by atoms with Crippen molar-refractivity contribution in [3.8, 4) is 0 Å². The van der Waals surface area contributed by atoms with E-state index in [0.717, 1.165) is 5.56 Å². The quantitative estimate of drug-likeness (QED) is 0.830. The molecule has 0 fully saturated rings. The van der Waals surface area contributed by atoms with Gasteiger partial charge in [-0.1, -0.05) is 17.7 Å². The number of hydrogen-bond donors (Lipinski definition) is 1. The zero-order valence-electron chi connectivity index (χ0n) is 8.84. The highest BCUT2D eigenvalue weighted by atomic mass is 19.1. The van der Waals surface area contributed by atoms with E-state index in [1.807, 2.05) is 6.92 Å². The molecule has 82 valence electrons. The number of alkyl carbamates (subject to hydrolysis) is 1. The van der Waals surface area contributed by atoms with E-state index in [0.29, 0.717) is 18.5 Å². The number of carbonyl (C=O) groups excluding carboxylic acids is 1. The zero-order valence-corrected chi connectivity index (χ0v) is 8.84. The number of ether oxygens (including phenoxy) is 1. The number of aryl methyl sites for hydroxylation is 1. The minimum absolute atomic E-state index is 0.243. The Morgan fingerprint density at radius 1 is 1.53 bits per heavy atom. The van der Waals surface area contributed by atoms with Crippen LogP contribution < -0.4 is 5.32 Å². The topological polar surface area (TPSA) is 38.3 Å². The van der Waals surface area contributed by atoms with Crippen LogP contribution in [0.15, 0.2) is 18.2 Å². The van der Waals surface area contributed by atoms with Gasteiger partial charge in [-0.05, 0) is 25.0 Å². The third-order valence-electron chi connectivity index (χ3n) is 2.05. The predicted octanol–water partition coefficient (Wildman–Crippen LogP) is 2.03. The second kappa shape index (κ2) is 5.34. The van der Waals surface area contributed by atoms with E-state index in [2.05, 4.69) is 10.1 Å². The molecule has 0 radical (unpaired) electrons. The SMILES string of the molecule is COC(=O)NCCc1cc(C)ccc1F. The lowest BCUT2D eigenvalue weighted by Crippen LogP contribution is -2.25. The van der Waals surface area contributed by atoms with Crippen molar-refractivity contribution < 1.29 is 13.9 Å². The van der Waals surface area contributed by atoms with Crippen molar-refractivity contribution >= 4 is 6.09 Å². The van der Waals surface area contributed by atoms with Gasteiger partial charge in [0.05, 0.1) is 7.11 Å². The van der Waals surface area contributed by atoms with Crippen molar-refractivity contribution in [3.05, 3.63) is 35.1 Å². The third kappa shape index (κ3) is 3.58. The van der Waals surface area contributed by atoms with Crippen LogP contribution in [0.4, 0.5) is 9.18 Å². The first kappa shape index (κ1) is 11.5. The lowest BCUT2D eigenvalue weighted by molar-refractivity contribution is 0.171. The highest BCUT2D eigenvalue weighted by Gasteiger charge is 2.03. The fourth-order valence-electron chi connectivity index (χ4n) is 1.27. The number of hydrogen-bond acceptors (Lipinski definition) is 2. The maximum absolute atomic E-state index is 13.2. The average molecular weight is 211 g/mol. The van der Waals surface area contributed by atoms with E-state index in [1.54, 1.807) is 12.1 Å². The summed E-state index contributed by atoms with van der Waals surface area (Å²) in [6.45, 7) is 2.27. The summed E-state index contributed by atoms with van der Waals surface area (Å²) in [5.41, 5.74) is 1.61. The molecule has 0 heterocycles. The van der Waals surface area contributed by atoms with Crippen LogP contribution in [0.1, 0.15) is 11.1 Å². The van der Waals surface area contributed by atoms with Crippen molar-refractivity contribution in [1.29, 1.82) is 0 Å². The van der Waals surface area contributed by atoms with Crippen LogP contribution in [0, 0.1) is 12.7 Å². The van der Waals surface area contributed by atoms with Crippen LogP contribution >= 0.6 is 0 Å². The van der Waals surface area contributed by atoms with Crippen molar-refractivity contribution in [3.63, 3.8) is 0 Å². The molecule has 0 aromatic heterocycles. The second-order valence-corrected chi connectivity index (χ2v) is 3.26. The summed E-state index contributed by atoms with van der Waals surface area (Å²) in [6.07, 6.45) is -0.0362. The maximum atomic E-state index is 13.2. The summed E-state index contributed by atoms with van der Waals surface area (Å²) in [7, 11) is 1.29. The molecule has 0 spiro atoms. The molecule has 1 N–H and O–H groups in total. The Balaban J connectivity index is 2.50. The highest BCUT2D eigenvalue weighted by molar-refractivity contribution is 5.66. The van der Waals surface area contributed by atoms with Crippen molar-refractivity contribution in [2.45, 2.75) is 13.3 Å². The smallest absolute Gasteiger partial charge is 0.406 e. The Morgan fingerprint density at radius 3 is 2.93 bits per heavy atom. The van der Waals surface area contributed by atoms with Gasteiger partial charge in [0.15, 0.2) is 0 Å². The van der Waals surface area contributed by atoms with Crippen LogP contribution in [0.25, 0.3) is 0 Å². The monoisotopic (exact) mass is 211 g/mol. The normalized spacial score (nSPS) is 9.80. The summed E-state index contributed by atoms with van der Waals surface area (Å²) >= 11 is 0. The van der Waals surface area contributed by atoms with Gasteiger partial charge >= 0.3 is 6.09 Å². The number of nitrogens with one attached hydrogen (secondary N) is 1. The molecule has 1 amide bonds. The lowest BCUT2D eigenvalue weighted by atomic mass is 10.1. The van der Waals surface area contributed by atoms with Crippen LogP contribution in [-0.4, -0.2) is 19.7 Å². The Hall–Kier alpha value is -1.58. The minimum atomic E-state index is -0.497. The molecular weight excluding hydrogens is 197 g/mol. The molecule has 0 saturated carbocycles. The zero-order chi connectivity index (χ0) is 11.3. The molecule has 0 aliphatic heterocycles. The van der Waals surface area contributed by atoms with Gasteiger partial charge in [-0.25, -0.2) is 9.18 Å². The second-order valence-electron chi connectivity index (χ2n) is 3.26. The Bertz CT molecular complexity index is 352. The summed E-state index contributed by atoms with van der Waals surface area (Å²) < 4.78 is 17.6. The molecule has 15 heavy (non-hydrogen) atoms. The fourth-order valence-corrected chi connectivity index (χ4v) is 1.27. The summed E-state index contributed by atoms with van der Waals surface area (Å²) in [5.74, 6) is -0.243. The van der Waals surface area contributed by atoms with Crippen LogP contribution in [0.5, 0.6) is 0 Å². The summed E-state index contributed by atoms with van der Waals surface area (Å²) in [4.78, 5) is 10.7. The molecule has 0 saturated heterocycles. The number of rotatable bonds is 3. The molecule has 1 aromatic rings. The fraction of sp³-hybridized carbons (Fsp3) is 0.364. The molecule has 0 aliphatic rings.